The summed E-state index contributed by atoms with van der Waals surface area (Å²) < 4.78 is 16.6. The van der Waals surface area contributed by atoms with Crippen LogP contribution >= 0.6 is 104 Å². The van der Waals surface area contributed by atoms with Crippen molar-refractivity contribution in [1.29, 1.82) is 0 Å². The van der Waals surface area contributed by atoms with Crippen molar-refractivity contribution in [1.82, 2.24) is 0 Å². The maximum absolute atomic E-state index is 5.53. The summed E-state index contributed by atoms with van der Waals surface area (Å²) in [7, 11) is -1.43. The van der Waals surface area contributed by atoms with Gasteiger partial charge in [-0.05, 0) is 0 Å². The van der Waals surface area contributed by atoms with Crippen LogP contribution in [-0.2, 0) is 13.6 Å². The molecule has 0 amide bonds. The van der Waals surface area contributed by atoms with E-state index in [0.29, 0.717) is 16.0 Å². The Morgan fingerprint density at radius 2 is 0.938 bits per heavy atom. The molecule has 0 rings (SSSR count). The van der Waals surface area contributed by atoms with E-state index in [4.69, 9.17) is 13.6 Å². The average molecular weight is 640 g/mol. The standard InChI is InChI=1S/C6H9Br6O3P/c7-1-4(10)13-16(14-5(11)2-8)15-6(12)3-9/h4-6H,1-3H2. The molecule has 0 aromatic rings. The molecule has 98 valence electrons. The predicted octanol–water partition coefficient (Wildman–Crippen LogP) is 5.61. The lowest BCUT2D eigenvalue weighted by molar-refractivity contribution is 0.157. The summed E-state index contributed by atoms with van der Waals surface area (Å²) in [6.45, 7) is 0. The largest absolute Gasteiger partial charge is 0.336 e. The molecule has 0 aromatic carbocycles. The predicted molar refractivity (Wildman–Crippen MR) is 89.7 cm³/mol. The molecule has 10 heteroatoms. The van der Waals surface area contributed by atoms with Crippen LogP contribution < -0.4 is 0 Å². The third kappa shape index (κ3) is 10.0. The van der Waals surface area contributed by atoms with E-state index in [9.17, 15) is 0 Å². The molecule has 0 radical (unpaired) electrons. The van der Waals surface area contributed by atoms with Gasteiger partial charge in [-0.15, -0.1) is 0 Å². The van der Waals surface area contributed by atoms with Crippen LogP contribution in [0.5, 0.6) is 0 Å². The fourth-order valence-electron chi connectivity index (χ4n) is 0.439. The Morgan fingerprint density at radius 1 is 0.688 bits per heavy atom. The molecule has 0 aliphatic heterocycles. The molecule has 3 unspecified atom stereocenters. The van der Waals surface area contributed by atoms with Gasteiger partial charge in [-0.2, -0.15) is 0 Å². The van der Waals surface area contributed by atoms with Crippen molar-refractivity contribution in [2.75, 3.05) is 16.0 Å². The molecule has 16 heavy (non-hydrogen) atoms. The molecule has 0 aromatic heterocycles. The first kappa shape index (κ1) is 19.2. The van der Waals surface area contributed by atoms with Crippen molar-refractivity contribution in [3.05, 3.63) is 0 Å². The number of hydrogen-bond acceptors (Lipinski definition) is 3. The monoisotopic (exact) mass is 634 g/mol. The molecule has 0 aliphatic carbocycles. The molecule has 0 saturated carbocycles. The van der Waals surface area contributed by atoms with Crippen molar-refractivity contribution in [3.8, 4) is 0 Å². The van der Waals surface area contributed by atoms with Crippen molar-refractivity contribution in [2.24, 2.45) is 0 Å². The van der Waals surface area contributed by atoms with Gasteiger partial charge in [0.05, 0.1) is 0 Å². The van der Waals surface area contributed by atoms with Crippen LogP contribution in [0.15, 0.2) is 0 Å². The minimum absolute atomic E-state index is 0.149. The number of hydrogen-bond donors (Lipinski definition) is 0. The molecule has 0 N–H and O–H groups in total. The summed E-state index contributed by atoms with van der Waals surface area (Å²) in [5.74, 6) is 0. The van der Waals surface area contributed by atoms with E-state index in [1.165, 1.54) is 0 Å². The number of rotatable bonds is 9. The van der Waals surface area contributed by atoms with Crippen LogP contribution in [0.4, 0.5) is 0 Å². The summed E-state index contributed by atoms with van der Waals surface area (Å²) in [6, 6.07) is 0. The van der Waals surface area contributed by atoms with Crippen molar-refractivity contribution in [2.45, 2.75) is 15.0 Å². The second-order valence-electron chi connectivity index (χ2n) is 2.23. The zero-order valence-corrected chi connectivity index (χ0v) is 18.2. The summed E-state index contributed by atoms with van der Waals surface area (Å²) in [6.07, 6.45) is 0. The van der Waals surface area contributed by atoms with Gasteiger partial charge in [0.25, 0.3) is 0 Å². The van der Waals surface area contributed by atoms with Gasteiger partial charge in [0.1, 0.15) is 15.0 Å². The Balaban J connectivity index is 4.15. The molecule has 0 aliphatic rings. The Kier molecular flexibility index (Phi) is 14.4. The third-order valence-electron chi connectivity index (χ3n) is 0.965. The van der Waals surface area contributed by atoms with Crippen LogP contribution in [0.25, 0.3) is 0 Å². The molecule has 0 spiro atoms. The van der Waals surface area contributed by atoms with E-state index in [1.807, 2.05) is 0 Å². The maximum atomic E-state index is 5.53. The Labute approximate surface area is 147 Å². The fourth-order valence-corrected chi connectivity index (χ4v) is 3.61. The lowest BCUT2D eigenvalue weighted by Gasteiger charge is -2.22. The van der Waals surface area contributed by atoms with Gasteiger partial charge < -0.3 is 0 Å². The lowest BCUT2D eigenvalue weighted by Crippen LogP contribution is -2.12. The first-order chi connectivity index (χ1) is 7.53. The Hall–Kier alpha value is 3.19. The van der Waals surface area contributed by atoms with Gasteiger partial charge in [-0.1, -0.05) is 95.6 Å². The summed E-state index contributed by atoms with van der Waals surface area (Å²) >= 11 is 19.9. The van der Waals surface area contributed by atoms with Crippen LogP contribution in [0.3, 0.4) is 0 Å². The third-order valence-corrected chi connectivity index (χ3v) is 9.01. The van der Waals surface area contributed by atoms with Gasteiger partial charge in [0.2, 0.25) is 0 Å². The SMILES string of the molecule is BrCC(Br)OP(OC(Br)CBr)OC(Br)CBr. The second-order valence-corrected chi connectivity index (χ2v) is 8.32. The highest BCUT2D eigenvalue weighted by Gasteiger charge is 2.23. The molecule has 0 fully saturated rings. The number of alkyl halides is 6. The molecule has 0 bridgehead atoms. The highest BCUT2D eigenvalue weighted by atomic mass is 79.9. The van der Waals surface area contributed by atoms with E-state index in [1.54, 1.807) is 0 Å². The van der Waals surface area contributed by atoms with Crippen molar-refractivity contribution < 1.29 is 13.6 Å². The zero-order valence-electron chi connectivity index (χ0n) is 7.79. The van der Waals surface area contributed by atoms with Crippen molar-refractivity contribution >= 4 is 104 Å². The van der Waals surface area contributed by atoms with E-state index < -0.39 is 8.60 Å². The van der Waals surface area contributed by atoms with Gasteiger partial charge >= 0.3 is 8.60 Å². The van der Waals surface area contributed by atoms with Gasteiger partial charge in [0.15, 0.2) is 0 Å². The second kappa shape index (κ2) is 12.0. The van der Waals surface area contributed by atoms with E-state index in [0.717, 1.165) is 0 Å². The van der Waals surface area contributed by atoms with Crippen LogP contribution in [0.1, 0.15) is 0 Å². The topological polar surface area (TPSA) is 27.7 Å². The fraction of sp³-hybridized carbons (Fsp3) is 1.00. The quantitative estimate of drug-likeness (QED) is 0.243. The molecule has 0 heterocycles. The molecule has 0 saturated heterocycles. The number of halogens is 6. The highest BCUT2D eigenvalue weighted by molar-refractivity contribution is 9.12. The minimum Gasteiger partial charge on any atom is -0.296 e. The van der Waals surface area contributed by atoms with Crippen molar-refractivity contribution in [3.63, 3.8) is 0 Å². The van der Waals surface area contributed by atoms with Crippen LogP contribution in [0.2, 0.25) is 0 Å². The van der Waals surface area contributed by atoms with E-state index in [-0.39, 0.29) is 15.0 Å². The van der Waals surface area contributed by atoms with Crippen LogP contribution in [0, 0.1) is 0 Å². The summed E-state index contributed by atoms with van der Waals surface area (Å²) in [5, 5.41) is 1.51. The lowest BCUT2D eigenvalue weighted by atomic mass is 10.9. The maximum Gasteiger partial charge on any atom is 0.336 e. The Morgan fingerprint density at radius 3 is 1.12 bits per heavy atom. The van der Waals surface area contributed by atoms with Crippen LogP contribution in [-0.4, -0.2) is 31.0 Å². The van der Waals surface area contributed by atoms with Gasteiger partial charge in [-0.25, -0.2) is 0 Å². The van der Waals surface area contributed by atoms with E-state index in [2.05, 4.69) is 95.6 Å². The molecule has 3 atom stereocenters. The molecule has 3 nitrogen and oxygen atoms in total. The molecular weight excluding hydrogens is 630 g/mol. The van der Waals surface area contributed by atoms with E-state index >= 15 is 0 Å². The smallest absolute Gasteiger partial charge is 0.296 e. The average Bonchev–Trinajstić information content (AvgIpc) is 2.28. The molecular formula is C6H9Br6O3P. The van der Waals surface area contributed by atoms with Gasteiger partial charge in [0, 0.05) is 16.0 Å². The summed E-state index contributed by atoms with van der Waals surface area (Å²) in [4.78, 5) is 0. The first-order valence-corrected chi connectivity index (χ1v) is 11.1. The highest BCUT2D eigenvalue weighted by Crippen LogP contribution is 2.46. The zero-order chi connectivity index (χ0) is 12.6. The summed E-state index contributed by atoms with van der Waals surface area (Å²) in [5.41, 5.74) is 0. The normalized spacial score (nSPS) is 19.1. The van der Waals surface area contributed by atoms with Gasteiger partial charge in [-0.3, -0.25) is 13.6 Å². The Bertz CT molecular complexity index is 150. The first-order valence-electron chi connectivity index (χ1n) is 3.94. The minimum atomic E-state index is -1.43.